The molecule has 5 rings (SSSR count). The smallest absolute Gasteiger partial charge is 0.309 e. The van der Waals surface area contributed by atoms with E-state index in [4.69, 9.17) is 9.47 Å². The maximum atomic E-state index is 12.5. The first kappa shape index (κ1) is 19.6. The topological polar surface area (TPSA) is 154 Å². The van der Waals surface area contributed by atoms with Gasteiger partial charge in [-0.15, -0.1) is 0 Å². The lowest BCUT2D eigenvalue weighted by molar-refractivity contribution is -0.346. The number of carbonyl (C=O) groups excluding carboxylic acids is 2. The largest absolute Gasteiger partial charge is 0.459 e. The molecule has 160 valence electrons. The van der Waals surface area contributed by atoms with Crippen molar-refractivity contribution in [1.29, 1.82) is 0 Å². The summed E-state index contributed by atoms with van der Waals surface area (Å²) in [4.78, 5) is 25.0. The van der Waals surface area contributed by atoms with E-state index in [2.05, 4.69) is 0 Å². The Morgan fingerprint density at radius 1 is 1.10 bits per heavy atom. The fourth-order valence-electron chi connectivity index (χ4n) is 7.63. The monoisotopic (exact) mass is 410 g/mol. The number of carbonyl (C=O) groups is 2. The Balaban J connectivity index is 1.84. The van der Waals surface area contributed by atoms with Gasteiger partial charge in [-0.25, -0.2) is 0 Å². The Kier molecular flexibility index (Phi) is 3.56. The Bertz CT molecular complexity index is 855. The molecule has 0 amide bonds. The van der Waals surface area contributed by atoms with Gasteiger partial charge in [0.1, 0.15) is 29.5 Å². The van der Waals surface area contributed by atoms with E-state index in [1.165, 1.54) is 13.0 Å². The molecular formula is C20H26O9. The SMILES string of the molecule is CC1=CC(=O)[C@@H](O)[C@@]2(C)[C@H]1[C@@H](O)[C@H]1OC(=O)C[C@]3(O)C14CO[C@@]3(C)[C@@H](O)[C@H](O)[C@@H]42. The zero-order chi connectivity index (χ0) is 21.3. The van der Waals surface area contributed by atoms with Crippen molar-refractivity contribution in [1.82, 2.24) is 0 Å². The second kappa shape index (κ2) is 5.27. The van der Waals surface area contributed by atoms with Crippen LogP contribution in [0.1, 0.15) is 27.2 Å². The van der Waals surface area contributed by atoms with E-state index in [1.807, 2.05) is 0 Å². The minimum atomic E-state index is -1.96. The van der Waals surface area contributed by atoms with Crippen LogP contribution in [-0.4, -0.2) is 85.6 Å². The fourth-order valence-corrected chi connectivity index (χ4v) is 7.63. The van der Waals surface area contributed by atoms with Gasteiger partial charge in [0.15, 0.2) is 5.78 Å². The van der Waals surface area contributed by atoms with Gasteiger partial charge in [-0.2, -0.15) is 0 Å². The van der Waals surface area contributed by atoms with Crippen LogP contribution < -0.4 is 0 Å². The lowest BCUT2D eigenvalue weighted by atomic mass is 9.36. The Morgan fingerprint density at radius 2 is 1.76 bits per heavy atom. The van der Waals surface area contributed by atoms with Gasteiger partial charge in [0, 0.05) is 17.3 Å². The molecule has 2 saturated carbocycles. The Morgan fingerprint density at radius 3 is 2.41 bits per heavy atom. The number of ketones is 1. The summed E-state index contributed by atoms with van der Waals surface area (Å²) in [6, 6.07) is 0. The van der Waals surface area contributed by atoms with Crippen LogP contribution in [-0.2, 0) is 19.1 Å². The van der Waals surface area contributed by atoms with Gasteiger partial charge < -0.3 is 35.0 Å². The number of hydrogen-bond donors (Lipinski definition) is 5. The van der Waals surface area contributed by atoms with Crippen molar-refractivity contribution in [2.75, 3.05) is 6.61 Å². The highest BCUT2D eigenvalue weighted by Gasteiger charge is 2.87. The van der Waals surface area contributed by atoms with E-state index in [9.17, 15) is 35.1 Å². The van der Waals surface area contributed by atoms with Crippen LogP contribution in [0.4, 0.5) is 0 Å². The van der Waals surface area contributed by atoms with Gasteiger partial charge in [-0.1, -0.05) is 12.5 Å². The average molecular weight is 410 g/mol. The summed E-state index contributed by atoms with van der Waals surface area (Å²) in [6.45, 7) is 4.42. The maximum Gasteiger partial charge on any atom is 0.309 e. The third-order valence-corrected chi connectivity index (χ3v) is 8.86. The molecule has 2 heterocycles. The van der Waals surface area contributed by atoms with E-state index < -0.39 is 82.6 Å². The molecule has 1 spiro atoms. The van der Waals surface area contributed by atoms with Crippen molar-refractivity contribution >= 4 is 11.8 Å². The standard InChI is InChI=1S/C20H26O9/c1-7-4-8(21)14(25)17(2)10(7)11(23)16-19-6-28-18(3,15(26)12(24)13(17)19)20(19,27)5-9(22)29-16/h4,10-16,23-27H,5-6H2,1-3H3/t10-,11-,12-,13-,14-,15+,16-,17+,18+,19?,20-/m1/s1. The highest BCUT2D eigenvalue weighted by atomic mass is 16.6. The van der Waals surface area contributed by atoms with Gasteiger partial charge in [0.05, 0.1) is 30.7 Å². The van der Waals surface area contributed by atoms with Crippen molar-refractivity contribution in [2.24, 2.45) is 22.7 Å². The summed E-state index contributed by atoms with van der Waals surface area (Å²) >= 11 is 0. The molecule has 2 aliphatic heterocycles. The number of ether oxygens (including phenoxy) is 2. The van der Waals surface area contributed by atoms with Crippen LogP contribution in [0.3, 0.4) is 0 Å². The maximum absolute atomic E-state index is 12.5. The molecular weight excluding hydrogens is 384 g/mol. The van der Waals surface area contributed by atoms with Crippen LogP contribution in [0.5, 0.6) is 0 Å². The predicted octanol–water partition coefficient (Wildman–Crippen LogP) is -1.95. The summed E-state index contributed by atoms with van der Waals surface area (Å²) in [5, 5.41) is 56.4. The number of fused-ring (bicyclic) bond motifs is 2. The zero-order valence-electron chi connectivity index (χ0n) is 16.4. The summed E-state index contributed by atoms with van der Waals surface area (Å²) in [5.74, 6) is -3.24. The summed E-state index contributed by atoms with van der Waals surface area (Å²) in [7, 11) is 0. The lowest BCUT2D eigenvalue weighted by Gasteiger charge is -2.70. The lowest BCUT2D eigenvalue weighted by Crippen LogP contribution is -2.85. The van der Waals surface area contributed by atoms with Gasteiger partial charge >= 0.3 is 5.97 Å². The fraction of sp³-hybridized carbons (Fsp3) is 0.800. The first-order valence-corrected chi connectivity index (χ1v) is 9.88. The predicted molar refractivity (Wildman–Crippen MR) is 94.1 cm³/mol. The number of rotatable bonds is 0. The van der Waals surface area contributed by atoms with Crippen LogP contribution in [0.15, 0.2) is 11.6 Å². The molecule has 0 radical (unpaired) electrons. The molecule has 0 aromatic rings. The van der Waals surface area contributed by atoms with E-state index in [0.29, 0.717) is 5.57 Å². The number of esters is 1. The van der Waals surface area contributed by atoms with Crippen LogP contribution in [0.2, 0.25) is 0 Å². The van der Waals surface area contributed by atoms with Crippen LogP contribution >= 0.6 is 0 Å². The van der Waals surface area contributed by atoms with Gasteiger partial charge in [0.2, 0.25) is 0 Å². The molecule has 9 heteroatoms. The van der Waals surface area contributed by atoms with E-state index in [1.54, 1.807) is 13.8 Å². The molecule has 4 fully saturated rings. The summed E-state index contributed by atoms with van der Waals surface area (Å²) < 4.78 is 11.4. The van der Waals surface area contributed by atoms with Gasteiger partial charge in [0.25, 0.3) is 0 Å². The molecule has 11 atom stereocenters. The molecule has 2 saturated heterocycles. The molecule has 3 aliphatic carbocycles. The highest BCUT2D eigenvalue weighted by Crippen LogP contribution is 2.73. The first-order valence-electron chi connectivity index (χ1n) is 9.88. The van der Waals surface area contributed by atoms with Crippen LogP contribution in [0.25, 0.3) is 0 Å². The van der Waals surface area contributed by atoms with Crippen molar-refractivity contribution in [3.63, 3.8) is 0 Å². The average Bonchev–Trinajstić information content (AvgIpc) is 2.81. The Labute approximate surface area is 166 Å². The minimum Gasteiger partial charge on any atom is -0.459 e. The third kappa shape index (κ3) is 1.73. The van der Waals surface area contributed by atoms with E-state index in [0.717, 1.165) is 0 Å². The molecule has 29 heavy (non-hydrogen) atoms. The second-order valence-electron chi connectivity index (χ2n) is 9.82. The normalized spacial score (nSPS) is 60.8. The van der Waals surface area contributed by atoms with E-state index >= 15 is 0 Å². The Hall–Kier alpha value is -1.36. The molecule has 1 unspecified atom stereocenters. The minimum absolute atomic E-state index is 0.209. The van der Waals surface area contributed by atoms with Crippen molar-refractivity contribution in [2.45, 2.75) is 68.9 Å². The molecule has 0 aromatic heterocycles. The number of aliphatic hydroxyl groups excluding tert-OH is 4. The third-order valence-electron chi connectivity index (χ3n) is 8.86. The molecule has 2 bridgehead atoms. The quantitative estimate of drug-likeness (QED) is 0.287. The number of aliphatic hydroxyl groups is 5. The van der Waals surface area contributed by atoms with Crippen molar-refractivity contribution < 1.29 is 44.6 Å². The second-order valence-corrected chi connectivity index (χ2v) is 9.82. The molecule has 9 nitrogen and oxygen atoms in total. The molecule has 5 aliphatic rings. The van der Waals surface area contributed by atoms with Gasteiger partial charge in [-0.3, -0.25) is 9.59 Å². The number of hydrogen-bond acceptors (Lipinski definition) is 9. The first-order chi connectivity index (χ1) is 13.4. The van der Waals surface area contributed by atoms with Crippen molar-refractivity contribution in [3.8, 4) is 0 Å². The van der Waals surface area contributed by atoms with Crippen LogP contribution in [0, 0.1) is 22.7 Å². The van der Waals surface area contributed by atoms with Crippen molar-refractivity contribution in [3.05, 3.63) is 11.6 Å². The summed E-state index contributed by atoms with van der Waals surface area (Å²) in [5.41, 5.74) is -6.10. The zero-order valence-corrected chi connectivity index (χ0v) is 16.4. The van der Waals surface area contributed by atoms with E-state index in [-0.39, 0.29) is 6.61 Å². The summed E-state index contributed by atoms with van der Waals surface area (Å²) in [6.07, 6.45) is -6.48. The van der Waals surface area contributed by atoms with Gasteiger partial charge in [-0.05, 0) is 19.9 Å². The molecule has 5 N–H and O–H groups in total. The molecule has 0 aromatic carbocycles. The highest BCUT2D eigenvalue weighted by molar-refractivity contribution is 5.96.